The van der Waals surface area contributed by atoms with Gasteiger partial charge in [0.05, 0.1) is 5.41 Å². The van der Waals surface area contributed by atoms with Crippen LogP contribution in [0.3, 0.4) is 0 Å². The number of amides is 2. The van der Waals surface area contributed by atoms with E-state index in [0.29, 0.717) is 5.56 Å². The molecule has 0 aliphatic heterocycles. The summed E-state index contributed by atoms with van der Waals surface area (Å²) >= 11 is 0. The van der Waals surface area contributed by atoms with E-state index < -0.39 is 5.91 Å². The van der Waals surface area contributed by atoms with Crippen molar-refractivity contribution < 1.29 is 14.8 Å². The zero-order valence-electron chi connectivity index (χ0n) is 14.0. The SMILES string of the molecule is CN(C(=O)C12CC3CC(CC(C3)C1)C2)c1ccc(C(=O)NO)cc1. The van der Waals surface area contributed by atoms with Crippen LogP contribution in [0.1, 0.15) is 48.9 Å². The van der Waals surface area contributed by atoms with Gasteiger partial charge in [0, 0.05) is 18.3 Å². The Morgan fingerprint density at radius 2 is 1.54 bits per heavy atom. The molecule has 5 nitrogen and oxygen atoms in total. The molecule has 0 unspecified atom stereocenters. The molecule has 0 spiro atoms. The number of rotatable bonds is 3. The van der Waals surface area contributed by atoms with Crippen LogP contribution in [0.2, 0.25) is 0 Å². The third kappa shape index (κ3) is 2.42. The maximum atomic E-state index is 13.3. The number of nitrogens with zero attached hydrogens (tertiary/aromatic N) is 1. The molecule has 0 atom stereocenters. The van der Waals surface area contributed by atoms with Crippen molar-refractivity contribution in [2.24, 2.45) is 23.2 Å². The van der Waals surface area contributed by atoms with Gasteiger partial charge < -0.3 is 4.90 Å². The molecule has 24 heavy (non-hydrogen) atoms. The molecule has 1 aromatic rings. The molecular formula is C19H24N2O3. The summed E-state index contributed by atoms with van der Waals surface area (Å²) < 4.78 is 0. The average molecular weight is 328 g/mol. The Labute approximate surface area is 142 Å². The van der Waals surface area contributed by atoms with Crippen molar-refractivity contribution in [2.45, 2.75) is 38.5 Å². The second-order valence-corrected chi connectivity index (χ2v) is 8.05. The van der Waals surface area contributed by atoms with Gasteiger partial charge in [-0.3, -0.25) is 14.8 Å². The Morgan fingerprint density at radius 3 is 2.00 bits per heavy atom. The molecule has 2 amide bonds. The van der Waals surface area contributed by atoms with Crippen LogP contribution in [0.25, 0.3) is 0 Å². The van der Waals surface area contributed by atoms with Gasteiger partial charge in [-0.1, -0.05) is 0 Å². The smallest absolute Gasteiger partial charge is 0.274 e. The highest BCUT2D eigenvalue weighted by Gasteiger charge is 2.55. The maximum absolute atomic E-state index is 13.3. The third-order valence-electron chi connectivity index (χ3n) is 6.41. The maximum Gasteiger partial charge on any atom is 0.274 e. The molecular weight excluding hydrogens is 304 g/mol. The molecule has 0 aromatic heterocycles. The molecule has 4 saturated carbocycles. The predicted octanol–water partition coefficient (Wildman–Crippen LogP) is 2.98. The normalized spacial score (nSPS) is 33.3. The first kappa shape index (κ1) is 15.6. The van der Waals surface area contributed by atoms with Crippen molar-refractivity contribution in [2.75, 3.05) is 11.9 Å². The van der Waals surface area contributed by atoms with E-state index in [4.69, 9.17) is 5.21 Å². The number of anilines is 1. The zero-order chi connectivity index (χ0) is 16.9. The summed E-state index contributed by atoms with van der Waals surface area (Å²) in [5.74, 6) is 1.91. The highest BCUT2D eigenvalue weighted by Crippen LogP contribution is 2.60. The van der Waals surface area contributed by atoms with E-state index in [1.54, 1.807) is 34.6 Å². The molecule has 2 N–H and O–H groups in total. The lowest BCUT2D eigenvalue weighted by atomic mass is 9.49. The highest BCUT2D eigenvalue weighted by molar-refractivity contribution is 5.98. The first-order chi connectivity index (χ1) is 11.5. The van der Waals surface area contributed by atoms with E-state index in [-0.39, 0.29) is 11.3 Å². The summed E-state index contributed by atoms with van der Waals surface area (Å²) in [4.78, 5) is 26.5. The number of carbonyl (C=O) groups is 2. The van der Waals surface area contributed by atoms with Crippen LogP contribution in [-0.2, 0) is 4.79 Å². The summed E-state index contributed by atoms with van der Waals surface area (Å²) in [5, 5.41) is 8.69. The molecule has 128 valence electrons. The number of hydrogen-bond donors (Lipinski definition) is 2. The molecule has 4 fully saturated rings. The zero-order valence-corrected chi connectivity index (χ0v) is 14.0. The van der Waals surface area contributed by atoms with Gasteiger partial charge >= 0.3 is 0 Å². The Balaban J connectivity index is 1.55. The number of carbonyl (C=O) groups excluding carboxylic acids is 2. The highest BCUT2D eigenvalue weighted by atomic mass is 16.5. The van der Waals surface area contributed by atoms with Gasteiger partial charge in [0.2, 0.25) is 5.91 Å². The van der Waals surface area contributed by atoms with Crippen LogP contribution in [-0.4, -0.2) is 24.1 Å². The van der Waals surface area contributed by atoms with Gasteiger partial charge in [-0.15, -0.1) is 0 Å². The van der Waals surface area contributed by atoms with E-state index in [9.17, 15) is 9.59 Å². The van der Waals surface area contributed by atoms with E-state index in [1.807, 2.05) is 7.05 Å². The minimum absolute atomic E-state index is 0.162. The molecule has 0 saturated heterocycles. The molecule has 4 bridgehead atoms. The lowest BCUT2D eigenvalue weighted by Crippen LogP contribution is -2.54. The van der Waals surface area contributed by atoms with E-state index >= 15 is 0 Å². The lowest BCUT2D eigenvalue weighted by molar-refractivity contribution is -0.143. The Morgan fingerprint density at radius 1 is 1.04 bits per heavy atom. The van der Waals surface area contributed by atoms with Gasteiger partial charge in [0.15, 0.2) is 0 Å². The molecule has 4 aliphatic carbocycles. The summed E-state index contributed by atoms with van der Waals surface area (Å²) in [6, 6.07) is 6.79. The Hall–Kier alpha value is -1.88. The van der Waals surface area contributed by atoms with Crippen LogP contribution < -0.4 is 10.4 Å². The van der Waals surface area contributed by atoms with Crippen LogP contribution in [0.4, 0.5) is 5.69 Å². The first-order valence-electron chi connectivity index (χ1n) is 8.83. The third-order valence-corrected chi connectivity index (χ3v) is 6.41. The van der Waals surface area contributed by atoms with Gasteiger partial charge in [-0.2, -0.15) is 0 Å². The number of benzene rings is 1. The summed E-state index contributed by atoms with van der Waals surface area (Å²) in [5.41, 5.74) is 2.63. The van der Waals surface area contributed by atoms with Crippen LogP contribution in [0.15, 0.2) is 24.3 Å². The van der Waals surface area contributed by atoms with Crippen LogP contribution >= 0.6 is 0 Å². The first-order valence-corrected chi connectivity index (χ1v) is 8.83. The fourth-order valence-electron chi connectivity index (χ4n) is 5.75. The van der Waals surface area contributed by atoms with Gasteiger partial charge in [-0.25, -0.2) is 5.48 Å². The quantitative estimate of drug-likeness (QED) is 0.662. The van der Waals surface area contributed by atoms with E-state index in [0.717, 1.165) is 42.7 Å². The molecule has 0 radical (unpaired) electrons. The standard InChI is InChI=1S/C19H24N2O3/c1-21(16-4-2-15(3-5-16)17(22)20-24)18(23)19-9-12-6-13(10-19)8-14(7-12)11-19/h2-5,12-14,24H,6-11H2,1H3,(H,20,22). The van der Waals surface area contributed by atoms with Gasteiger partial charge in [0.1, 0.15) is 0 Å². The van der Waals surface area contributed by atoms with Crippen LogP contribution in [0, 0.1) is 23.2 Å². The van der Waals surface area contributed by atoms with E-state index in [2.05, 4.69) is 0 Å². The summed E-state index contributed by atoms with van der Waals surface area (Å²) in [6.45, 7) is 0. The number of hydrogen-bond acceptors (Lipinski definition) is 3. The average Bonchev–Trinajstić information content (AvgIpc) is 2.58. The van der Waals surface area contributed by atoms with Crippen molar-refractivity contribution in [1.82, 2.24) is 5.48 Å². The predicted molar refractivity (Wildman–Crippen MR) is 89.7 cm³/mol. The van der Waals surface area contributed by atoms with Crippen molar-refractivity contribution in [3.63, 3.8) is 0 Å². The minimum atomic E-state index is -0.545. The fourth-order valence-corrected chi connectivity index (χ4v) is 5.75. The Bertz CT molecular complexity index is 632. The Kier molecular flexibility index (Phi) is 3.64. The molecule has 5 heteroatoms. The van der Waals surface area contributed by atoms with Crippen LogP contribution in [0.5, 0.6) is 0 Å². The minimum Gasteiger partial charge on any atom is -0.315 e. The molecule has 0 heterocycles. The monoisotopic (exact) mass is 328 g/mol. The van der Waals surface area contributed by atoms with Crippen molar-refractivity contribution in [3.8, 4) is 0 Å². The largest absolute Gasteiger partial charge is 0.315 e. The summed E-state index contributed by atoms with van der Waals surface area (Å²) in [6.07, 6.45) is 7.11. The van der Waals surface area contributed by atoms with Crippen molar-refractivity contribution in [1.29, 1.82) is 0 Å². The topological polar surface area (TPSA) is 69.6 Å². The van der Waals surface area contributed by atoms with E-state index in [1.165, 1.54) is 19.3 Å². The fraction of sp³-hybridized carbons (Fsp3) is 0.579. The van der Waals surface area contributed by atoms with Crippen molar-refractivity contribution in [3.05, 3.63) is 29.8 Å². The molecule has 5 rings (SSSR count). The van der Waals surface area contributed by atoms with Gasteiger partial charge in [-0.05, 0) is 80.5 Å². The molecule has 1 aromatic carbocycles. The second kappa shape index (κ2) is 5.59. The second-order valence-electron chi connectivity index (χ2n) is 8.05. The molecule has 4 aliphatic rings. The number of hydroxylamine groups is 1. The lowest BCUT2D eigenvalue weighted by Gasteiger charge is -2.56. The number of nitrogens with one attached hydrogen (secondary N) is 1. The van der Waals surface area contributed by atoms with Crippen molar-refractivity contribution >= 4 is 17.5 Å². The van der Waals surface area contributed by atoms with Gasteiger partial charge in [0.25, 0.3) is 5.91 Å². The summed E-state index contributed by atoms with van der Waals surface area (Å²) in [7, 11) is 1.84.